The molecule has 0 unspecified atom stereocenters. The fourth-order valence-corrected chi connectivity index (χ4v) is 23.5. The fraction of sp³-hybridized carbons (Fsp3) is 0.245. The molecule has 8 rings (SSSR count). The predicted octanol–water partition coefficient (Wildman–Crippen LogP) is 15.7. The molecule has 0 radical (unpaired) electrons. The number of nitrogens with zero attached hydrogens (tertiary/aromatic N) is 2. The molecule has 7 aromatic carbocycles. The summed E-state index contributed by atoms with van der Waals surface area (Å²) in [6.45, 7) is 29.2. The summed E-state index contributed by atoms with van der Waals surface area (Å²) in [6, 6.07) is 50.8. The van der Waals surface area contributed by atoms with Gasteiger partial charge in [0.2, 0.25) is 0 Å². The maximum absolute atomic E-state index is 2.63. The number of fused-ring (bicyclic) bond motifs is 5. The minimum absolute atomic E-state index is 0.0343. The molecular weight excluding hydrogens is 721 g/mol. The van der Waals surface area contributed by atoms with E-state index in [4.69, 9.17) is 0 Å². The zero-order chi connectivity index (χ0) is 40.6. The van der Waals surface area contributed by atoms with Crippen LogP contribution in [0.5, 0.6) is 0 Å². The van der Waals surface area contributed by atoms with Crippen LogP contribution in [0.25, 0.3) is 21.9 Å². The number of para-hydroxylation sites is 2. The van der Waals surface area contributed by atoms with Crippen molar-refractivity contribution in [1.29, 1.82) is 0 Å². The first-order valence-electron chi connectivity index (χ1n) is 20.6. The van der Waals surface area contributed by atoms with E-state index in [2.05, 4.69) is 224 Å². The van der Waals surface area contributed by atoms with Crippen molar-refractivity contribution >= 4 is 61.0 Å². The summed E-state index contributed by atoms with van der Waals surface area (Å²) in [6.07, 6.45) is 0. The van der Waals surface area contributed by atoms with Crippen LogP contribution in [0.4, 0.5) is 34.1 Å². The molecular formula is C53H58N2Si2. The molecule has 2 nitrogen and oxygen atoms in total. The molecule has 288 valence electrons. The molecule has 7 aromatic rings. The van der Waals surface area contributed by atoms with Crippen LogP contribution in [0.2, 0.25) is 39.3 Å². The minimum atomic E-state index is -2.00. The second-order valence-electron chi connectivity index (χ2n) is 18.6. The average molecular weight is 779 g/mol. The van der Waals surface area contributed by atoms with E-state index in [1.54, 1.807) is 5.56 Å². The van der Waals surface area contributed by atoms with Crippen molar-refractivity contribution in [2.75, 3.05) is 9.80 Å². The summed E-state index contributed by atoms with van der Waals surface area (Å²) < 4.78 is -0.0343. The second-order valence-corrected chi connectivity index (χ2v) is 29.6. The van der Waals surface area contributed by atoms with Crippen LogP contribution in [-0.4, -0.2) is 16.1 Å². The zero-order valence-corrected chi connectivity index (χ0v) is 38.1. The molecule has 1 aliphatic rings. The van der Waals surface area contributed by atoms with Crippen LogP contribution in [0.3, 0.4) is 0 Å². The Morgan fingerprint density at radius 1 is 0.386 bits per heavy atom. The lowest BCUT2D eigenvalue weighted by Gasteiger charge is -2.51. The fourth-order valence-electron chi connectivity index (χ4n) is 10.5. The number of hydrogen-bond donors (Lipinski definition) is 0. The monoisotopic (exact) mass is 778 g/mol. The van der Waals surface area contributed by atoms with Gasteiger partial charge in [-0.3, -0.25) is 0 Å². The smallest absolute Gasteiger partial charge is 0.0579 e. The zero-order valence-electron chi connectivity index (χ0n) is 36.1. The lowest BCUT2D eigenvalue weighted by atomic mass is 9.97. The highest BCUT2D eigenvalue weighted by Gasteiger charge is 2.59. The average Bonchev–Trinajstić information content (AvgIpc) is 3.49. The van der Waals surface area contributed by atoms with Crippen molar-refractivity contribution in [3.8, 4) is 11.1 Å². The third-order valence-corrected chi connectivity index (χ3v) is 23.2. The first-order chi connectivity index (χ1) is 27.0. The van der Waals surface area contributed by atoms with Crippen molar-refractivity contribution in [2.24, 2.45) is 0 Å². The van der Waals surface area contributed by atoms with Crippen molar-refractivity contribution in [3.05, 3.63) is 178 Å². The number of benzene rings is 7. The van der Waals surface area contributed by atoms with E-state index in [0.29, 0.717) is 0 Å². The van der Waals surface area contributed by atoms with E-state index >= 15 is 0 Å². The quantitative estimate of drug-likeness (QED) is 0.142. The largest absolute Gasteiger partial charge is 0.310 e. The van der Waals surface area contributed by atoms with Crippen LogP contribution in [0, 0.1) is 41.5 Å². The molecule has 0 aliphatic heterocycles. The molecule has 0 bridgehead atoms. The van der Waals surface area contributed by atoms with Crippen LogP contribution >= 0.6 is 0 Å². The molecule has 0 heterocycles. The molecule has 1 aliphatic carbocycles. The van der Waals surface area contributed by atoms with E-state index in [0.717, 1.165) is 0 Å². The van der Waals surface area contributed by atoms with Gasteiger partial charge in [0, 0.05) is 38.8 Å². The van der Waals surface area contributed by atoms with Gasteiger partial charge < -0.3 is 9.80 Å². The summed E-state index contributed by atoms with van der Waals surface area (Å²) in [5.74, 6) is 0. The molecule has 0 fully saturated rings. The second kappa shape index (κ2) is 14.0. The first-order valence-corrected chi connectivity index (χ1v) is 27.6. The highest BCUT2D eigenvalue weighted by molar-refractivity contribution is 7.00. The standard InChI is InChI=1S/C53H58N2Si2/c1-35-29-46(30-36(2)39(35)5)54(42-19-15-13-16-20-42)44-24-27-48-41(33-44)23-26-50-49-28-25-45(34-51(49)53(52(48)50,56(7,8)9)57(10,11)12)55(43-21-17-14-18-22-43)47-31-37(3)40(6)38(4)32-47/h13-34H,1-12H3. The Bertz CT molecular complexity index is 2600. The molecule has 0 spiro atoms. The van der Waals surface area contributed by atoms with Gasteiger partial charge in [-0.05, 0) is 181 Å². The lowest BCUT2D eigenvalue weighted by Crippen LogP contribution is -2.63. The van der Waals surface area contributed by atoms with Crippen molar-refractivity contribution < 1.29 is 0 Å². The van der Waals surface area contributed by atoms with Crippen LogP contribution in [0.1, 0.15) is 44.5 Å². The Morgan fingerprint density at radius 2 is 0.807 bits per heavy atom. The molecule has 0 saturated carbocycles. The van der Waals surface area contributed by atoms with E-state index in [1.807, 2.05) is 0 Å². The Balaban J connectivity index is 1.37. The van der Waals surface area contributed by atoms with E-state index in [-0.39, 0.29) is 4.66 Å². The molecule has 0 amide bonds. The maximum Gasteiger partial charge on any atom is 0.0579 e. The van der Waals surface area contributed by atoms with Crippen LogP contribution in [0.15, 0.2) is 133 Å². The van der Waals surface area contributed by atoms with Gasteiger partial charge in [-0.15, -0.1) is 0 Å². The van der Waals surface area contributed by atoms with Crippen LogP contribution in [-0.2, 0) is 4.66 Å². The van der Waals surface area contributed by atoms with Crippen molar-refractivity contribution in [3.63, 3.8) is 0 Å². The molecule has 0 atom stereocenters. The maximum atomic E-state index is 2.63. The highest BCUT2D eigenvalue weighted by atomic mass is 28.4. The first kappa shape index (κ1) is 38.7. The Labute approximate surface area is 343 Å². The lowest BCUT2D eigenvalue weighted by molar-refractivity contribution is 0.961. The van der Waals surface area contributed by atoms with Gasteiger partial charge in [0.15, 0.2) is 0 Å². The number of anilines is 6. The Hall–Kier alpha value is -5.17. The molecule has 0 saturated heterocycles. The molecule has 0 aromatic heterocycles. The topological polar surface area (TPSA) is 6.48 Å². The summed E-state index contributed by atoms with van der Waals surface area (Å²) in [4.78, 5) is 4.92. The predicted molar refractivity (Wildman–Crippen MR) is 255 cm³/mol. The third-order valence-electron chi connectivity index (χ3n) is 13.2. The minimum Gasteiger partial charge on any atom is -0.310 e. The van der Waals surface area contributed by atoms with Crippen molar-refractivity contribution in [1.82, 2.24) is 0 Å². The summed E-state index contributed by atoms with van der Waals surface area (Å²) in [7, 11) is -3.99. The summed E-state index contributed by atoms with van der Waals surface area (Å²) in [5, 5.41) is 2.70. The Kier molecular flexibility index (Phi) is 9.53. The molecule has 57 heavy (non-hydrogen) atoms. The van der Waals surface area contributed by atoms with Gasteiger partial charge in [-0.1, -0.05) is 99.9 Å². The Morgan fingerprint density at radius 3 is 1.26 bits per heavy atom. The van der Waals surface area contributed by atoms with Crippen LogP contribution < -0.4 is 9.80 Å². The number of rotatable bonds is 8. The van der Waals surface area contributed by atoms with E-state index < -0.39 is 16.1 Å². The highest BCUT2D eigenvalue weighted by Crippen LogP contribution is 2.60. The normalized spacial score (nSPS) is 13.4. The summed E-state index contributed by atoms with van der Waals surface area (Å²) >= 11 is 0. The van der Waals surface area contributed by atoms with Crippen molar-refractivity contribution in [2.45, 2.75) is 85.5 Å². The SMILES string of the molecule is Cc1cc(N(c2ccccc2)c2ccc3c(c2)C([Si](C)(C)C)([Si](C)(C)C)c2c-3ccc3cc(N(c4ccccc4)c4cc(C)c(C)c(C)c4)ccc23)cc(C)c1C. The van der Waals surface area contributed by atoms with Gasteiger partial charge in [-0.2, -0.15) is 0 Å². The number of hydrogen-bond acceptors (Lipinski definition) is 2. The third kappa shape index (κ3) is 6.20. The van der Waals surface area contributed by atoms with Gasteiger partial charge in [0.1, 0.15) is 0 Å². The molecule has 4 heteroatoms. The van der Waals surface area contributed by atoms with E-state index in [1.165, 1.54) is 95.0 Å². The van der Waals surface area contributed by atoms with Gasteiger partial charge in [0.25, 0.3) is 0 Å². The number of aryl methyl sites for hydroxylation is 4. The van der Waals surface area contributed by atoms with E-state index in [9.17, 15) is 0 Å². The van der Waals surface area contributed by atoms with Gasteiger partial charge >= 0.3 is 0 Å². The molecule has 0 N–H and O–H groups in total. The summed E-state index contributed by atoms with van der Waals surface area (Å²) in [5.41, 5.74) is 21.1. The van der Waals surface area contributed by atoms with Gasteiger partial charge in [0.05, 0.1) is 16.1 Å². The van der Waals surface area contributed by atoms with Gasteiger partial charge in [-0.25, -0.2) is 0 Å².